The largest absolute Gasteiger partial charge is 0.490 e. The van der Waals surface area contributed by atoms with Gasteiger partial charge in [-0.15, -0.1) is 0 Å². The molecule has 2 heterocycles. The zero-order chi connectivity index (χ0) is 23.2. The predicted octanol–water partition coefficient (Wildman–Crippen LogP) is 4.48. The highest BCUT2D eigenvalue weighted by atomic mass is 32.2. The molecule has 7 nitrogen and oxygen atoms in total. The third-order valence-electron chi connectivity index (χ3n) is 7.75. The van der Waals surface area contributed by atoms with Crippen LogP contribution >= 0.6 is 0 Å². The normalized spacial score (nSPS) is 32.9. The van der Waals surface area contributed by atoms with E-state index in [-0.39, 0.29) is 42.1 Å². The fourth-order valence-corrected chi connectivity index (χ4v) is 6.22. The topological polar surface area (TPSA) is 82.1 Å². The smallest absolute Gasteiger partial charge is 0.410 e. The number of carbonyl (C=O) groups excluding carboxylic acids is 1. The quantitative estimate of drug-likeness (QED) is 0.601. The van der Waals surface area contributed by atoms with Gasteiger partial charge in [-0.2, -0.15) is 0 Å². The van der Waals surface area contributed by atoms with Gasteiger partial charge in [0.1, 0.15) is 11.4 Å². The summed E-state index contributed by atoms with van der Waals surface area (Å²) in [4.78, 5) is 15.0. The van der Waals surface area contributed by atoms with Crippen LogP contribution in [0, 0.1) is 0 Å². The Morgan fingerprint density at radius 1 is 0.909 bits per heavy atom. The number of carbonyl (C=O) groups is 1. The van der Waals surface area contributed by atoms with Crippen molar-refractivity contribution in [3.05, 3.63) is 24.3 Å². The molecule has 0 spiro atoms. The molecular weight excluding hydrogens is 442 g/mol. The summed E-state index contributed by atoms with van der Waals surface area (Å²) in [6, 6.07) is 7.16. The number of ether oxygens (including phenoxy) is 3. The number of sulfone groups is 1. The van der Waals surface area contributed by atoms with E-state index in [9.17, 15) is 13.2 Å². The molecule has 2 bridgehead atoms. The molecule has 2 aliphatic carbocycles. The van der Waals surface area contributed by atoms with E-state index < -0.39 is 9.84 Å². The van der Waals surface area contributed by atoms with Crippen molar-refractivity contribution in [1.29, 1.82) is 0 Å². The maximum absolute atomic E-state index is 12.7. The molecule has 0 aromatic heterocycles. The van der Waals surface area contributed by atoms with Crippen LogP contribution in [-0.4, -0.2) is 61.7 Å². The number of hydrogen-bond donors (Lipinski definition) is 0. The summed E-state index contributed by atoms with van der Waals surface area (Å²) in [6.07, 6.45) is 11.3. The second-order valence-electron chi connectivity index (χ2n) is 10.6. The molecule has 5 rings (SSSR count). The highest BCUT2D eigenvalue weighted by Crippen LogP contribution is 2.43. The van der Waals surface area contributed by atoms with E-state index in [0.717, 1.165) is 64.2 Å². The molecule has 1 amide bonds. The van der Waals surface area contributed by atoms with Crippen LogP contribution in [-0.2, 0) is 19.3 Å². The molecule has 0 N–H and O–H groups in total. The lowest BCUT2D eigenvalue weighted by molar-refractivity contribution is -0.0794. The molecule has 8 heteroatoms. The van der Waals surface area contributed by atoms with Crippen LogP contribution < -0.4 is 4.74 Å². The maximum atomic E-state index is 12.7. The van der Waals surface area contributed by atoms with Crippen LogP contribution in [0.3, 0.4) is 0 Å². The Morgan fingerprint density at radius 3 is 2.03 bits per heavy atom. The summed E-state index contributed by atoms with van der Waals surface area (Å²) in [5.74, 6) is 0.711. The molecule has 0 unspecified atom stereocenters. The van der Waals surface area contributed by atoms with Crippen molar-refractivity contribution >= 4 is 15.9 Å². The molecule has 2 saturated heterocycles. The Morgan fingerprint density at radius 2 is 1.48 bits per heavy atom. The molecule has 0 radical (unpaired) electrons. The van der Waals surface area contributed by atoms with Gasteiger partial charge in [-0.25, -0.2) is 13.2 Å². The Balaban J connectivity index is 1.07. The Labute approximate surface area is 196 Å². The van der Waals surface area contributed by atoms with E-state index in [0.29, 0.717) is 10.6 Å². The van der Waals surface area contributed by atoms with Crippen LogP contribution in [0.1, 0.15) is 71.1 Å². The minimum atomic E-state index is -3.19. The number of hydrogen-bond acceptors (Lipinski definition) is 6. The van der Waals surface area contributed by atoms with Gasteiger partial charge in [-0.1, -0.05) is 0 Å². The van der Waals surface area contributed by atoms with Gasteiger partial charge in [0.25, 0.3) is 0 Å². The molecule has 182 valence electrons. The Bertz CT molecular complexity index is 951. The number of fused-ring (bicyclic) bond motifs is 2. The van der Waals surface area contributed by atoms with Crippen LogP contribution in [0.4, 0.5) is 4.79 Å². The highest BCUT2D eigenvalue weighted by molar-refractivity contribution is 7.90. The number of piperidine rings is 1. The minimum absolute atomic E-state index is 0.122. The predicted molar refractivity (Wildman–Crippen MR) is 123 cm³/mol. The molecule has 33 heavy (non-hydrogen) atoms. The second kappa shape index (κ2) is 8.77. The molecule has 4 fully saturated rings. The molecular formula is C25H35NO6S. The number of nitrogens with zero attached hydrogens (tertiary/aromatic N) is 1. The average molecular weight is 478 g/mol. The minimum Gasteiger partial charge on any atom is -0.490 e. The van der Waals surface area contributed by atoms with E-state index in [1.807, 2.05) is 11.8 Å². The van der Waals surface area contributed by atoms with E-state index in [2.05, 4.69) is 0 Å². The van der Waals surface area contributed by atoms with Crippen molar-refractivity contribution in [3.8, 4) is 5.75 Å². The van der Waals surface area contributed by atoms with Crippen molar-refractivity contribution in [1.82, 2.24) is 4.90 Å². The second-order valence-corrected chi connectivity index (χ2v) is 12.6. The maximum Gasteiger partial charge on any atom is 0.410 e. The summed E-state index contributed by atoms with van der Waals surface area (Å²) >= 11 is 0. The van der Waals surface area contributed by atoms with Gasteiger partial charge in [0.15, 0.2) is 9.84 Å². The van der Waals surface area contributed by atoms with Gasteiger partial charge >= 0.3 is 6.09 Å². The zero-order valence-electron chi connectivity index (χ0n) is 19.6. The van der Waals surface area contributed by atoms with E-state index in [4.69, 9.17) is 14.2 Å². The lowest BCUT2D eigenvalue weighted by Gasteiger charge is -2.40. The van der Waals surface area contributed by atoms with Gasteiger partial charge in [0.05, 0.1) is 23.2 Å². The number of amides is 1. The van der Waals surface area contributed by atoms with Gasteiger partial charge < -0.3 is 19.1 Å². The fraction of sp³-hybridized carbons (Fsp3) is 0.720. The van der Waals surface area contributed by atoms with Crippen molar-refractivity contribution in [3.63, 3.8) is 0 Å². The summed E-state index contributed by atoms with van der Waals surface area (Å²) in [6.45, 7) is 2.02. The summed E-state index contributed by atoms with van der Waals surface area (Å²) in [5, 5.41) is 0. The van der Waals surface area contributed by atoms with Crippen molar-refractivity contribution in [2.75, 3.05) is 6.26 Å². The first-order valence-electron chi connectivity index (χ1n) is 12.3. The standard InChI is InChI=1S/C25H35NO6S/c1-25(13-14-25)32-24(27)26-17-3-4-18(26)16-22(15-17)31-20-7-5-19(6-8-20)30-21-9-11-23(12-10-21)33(2,28)29/h9-12,17-20,22H,3-8,13-16H2,1-2H3/t17-,18-,19?,20?/m0/s1. The van der Waals surface area contributed by atoms with E-state index >= 15 is 0 Å². The SMILES string of the molecule is CC1(OC(=O)N2[C@H]3CC[C@H]2CC(OC2CCC(Oc4ccc(S(C)(=O)=O)cc4)CC2)C3)CC1. The molecule has 2 saturated carbocycles. The van der Waals surface area contributed by atoms with Gasteiger partial charge in [0, 0.05) is 18.3 Å². The first-order valence-corrected chi connectivity index (χ1v) is 14.2. The molecule has 2 aliphatic heterocycles. The summed E-state index contributed by atoms with van der Waals surface area (Å²) < 4.78 is 41.5. The molecule has 1 aromatic rings. The first-order chi connectivity index (χ1) is 15.7. The van der Waals surface area contributed by atoms with Gasteiger partial charge in [0.2, 0.25) is 0 Å². The van der Waals surface area contributed by atoms with Crippen LogP contribution in [0.5, 0.6) is 5.75 Å². The van der Waals surface area contributed by atoms with Crippen LogP contribution in [0.15, 0.2) is 29.2 Å². The lowest BCUT2D eigenvalue weighted by Crippen LogP contribution is -2.50. The lowest BCUT2D eigenvalue weighted by atomic mass is 9.93. The average Bonchev–Trinajstić information content (AvgIpc) is 3.42. The molecule has 2 atom stereocenters. The zero-order valence-corrected chi connectivity index (χ0v) is 20.4. The Hall–Kier alpha value is -1.80. The van der Waals surface area contributed by atoms with Crippen LogP contribution in [0.25, 0.3) is 0 Å². The molecule has 4 aliphatic rings. The molecule has 1 aromatic carbocycles. The van der Waals surface area contributed by atoms with Crippen molar-refractivity contribution in [2.24, 2.45) is 0 Å². The summed E-state index contributed by atoms with van der Waals surface area (Å²) in [5.41, 5.74) is -0.222. The third-order valence-corrected chi connectivity index (χ3v) is 8.88. The summed E-state index contributed by atoms with van der Waals surface area (Å²) in [7, 11) is -3.19. The number of benzene rings is 1. The van der Waals surface area contributed by atoms with Gasteiger partial charge in [-0.3, -0.25) is 0 Å². The van der Waals surface area contributed by atoms with Crippen molar-refractivity contribution < 1.29 is 27.4 Å². The van der Waals surface area contributed by atoms with E-state index in [1.165, 1.54) is 6.26 Å². The van der Waals surface area contributed by atoms with Gasteiger partial charge in [-0.05, 0) is 95.4 Å². The monoisotopic (exact) mass is 477 g/mol. The number of rotatable bonds is 6. The van der Waals surface area contributed by atoms with E-state index in [1.54, 1.807) is 24.3 Å². The Kier molecular flexibility index (Phi) is 6.10. The van der Waals surface area contributed by atoms with Crippen LogP contribution in [0.2, 0.25) is 0 Å². The fourth-order valence-electron chi connectivity index (χ4n) is 5.59. The third kappa shape index (κ3) is 5.32. The van der Waals surface area contributed by atoms with Crippen molar-refractivity contribution in [2.45, 2.75) is 112 Å². The highest BCUT2D eigenvalue weighted by Gasteiger charge is 2.49. The first kappa shape index (κ1) is 23.0.